The van der Waals surface area contributed by atoms with Crippen molar-refractivity contribution < 1.29 is 13.6 Å². The number of aromatic nitrogens is 2. The van der Waals surface area contributed by atoms with Gasteiger partial charge in [0.25, 0.3) is 5.91 Å². The predicted molar refractivity (Wildman–Crippen MR) is 80.5 cm³/mol. The first-order valence-electron chi connectivity index (χ1n) is 8.24. The van der Waals surface area contributed by atoms with Gasteiger partial charge in [0.15, 0.2) is 0 Å². The van der Waals surface area contributed by atoms with Crippen molar-refractivity contribution in [3.63, 3.8) is 0 Å². The van der Waals surface area contributed by atoms with Gasteiger partial charge >= 0.3 is 0 Å². The fourth-order valence-corrected chi connectivity index (χ4v) is 3.94. The summed E-state index contributed by atoms with van der Waals surface area (Å²) in [5.41, 5.74) is -0.635. The molecule has 4 rings (SSSR count). The fourth-order valence-electron chi connectivity index (χ4n) is 3.94. The van der Waals surface area contributed by atoms with E-state index in [1.54, 1.807) is 6.07 Å². The maximum atomic E-state index is 13.1. The number of anilines is 1. The zero-order valence-corrected chi connectivity index (χ0v) is 12.9. The molecule has 0 bridgehead atoms. The Bertz CT molecular complexity index is 620. The first kappa shape index (κ1) is 14.8. The first-order valence-corrected chi connectivity index (χ1v) is 8.24. The number of piperidine rings is 2. The average molecular weight is 322 g/mol. The molecule has 3 heterocycles. The van der Waals surface area contributed by atoms with Crippen LogP contribution < -0.4 is 4.90 Å². The molecule has 2 unspecified atom stereocenters. The summed E-state index contributed by atoms with van der Waals surface area (Å²) in [4.78, 5) is 24.6. The van der Waals surface area contributed by atoms with E-state index in [4.69, 9.17) is 0 Å². The minimum Gasteiger partial charge on any atom is -0.357 e. The van der Waals surface area contributed by atoms with Crippen LogP contribution in [0.1, 0.15) is 36.2 Å². The summed E-state index contributed by atoms with van der Waals surface area (Å²) in [6.07, 6.45) is 3.06. The van der Waals surface area contributed by atoms with Crippen molar-refractivity contribution in [2.24, 2.45) is 11.3 Å². The third-order valence-corrected chi connectivity index (χ3v) is 5.48. The predicted octanol–water partition coefficient (Wildman–Crippen LogP) is 2.19. The molecule has 2 atom stereocenters. The van der Waals surface area contributed by atoms with E-state index in [0.717, 1.165) is 31.7 Å². The summed E-state index contributed by atoms with van der Waals surface area (Å²) in [5, 5.41) is 0. The number of likely N-dealkylation sites (tertiary alicyclic amines) is 1. The Morgan fingerprint density at radius 3 is 2.74 bits per heavy atom. The summed E-state index contributed by atoms with van der Waals surface area (Å²) in [7, 11) is 0. The van der Waals surface area contributed by atoms with Crippen molar-refractivity contribution in [3.05, 3.63) is 18.1 Å². The fraction of sp³-hybridized carbons (Fsp3) is 0.688. The number of alkyl halides is 2. The van der Waals surface area contributed by atoms with Gasteiger partial charge in [-0.2, -0.15) is 0 Å². The highest BCUT2D eigenvalue weighted by atomic mass is 19.3. The summed E-state index contributed by atoms with van der Waals surface area (Å²) in [6.45, 7) is 2.44. The monoisotopic (exact) mass is 322 g/mol. The molecule has 1 aromatic rings. The van der Waals surface area contributed by atoms with Gasteiger partial charge in [-0.3, -0.25) is 4.79 Å². The number of fused-ring (bicyclic) bond motifs is 1. The van der Waals surface area contributed by atoms with Crippen LogP contribution in [0.2, 0.25) is 0 Å². The second-order valence-electron chi connectivity index (χ2n) is 6.93. The van der Waals surface area contributed by atoms with Gasteiger partial charge in [0.05, 0.1) is 5.41 Å². The molecule has 3 fully saturated rings. The maximum absolute atomic E-state index is 13.1. The van der Waals surface area contributed by atoms with Crippen LogP contribution in [0.25, 0.3) is 0 Å². The number of amides is 1. The van der Waals surface area contributed by atoms with Crippen molar-refractivity contribution in [3.8, 4) is 0 Å². The van der Waals surface area contributed by atoms with E-state index < -0.39 is 11.8 Å². The lowest BCUT2D eigenvalue weighted by atomic mass is 10.1. The van der Waals surface area contributed by atoms with Crippen molar-refractivity contribution in [1.82, 2.24) is 14.9 Å². The van der Waals surface area contributed by atoms with Crippen LogP contribution in [-0.4, -0.2) is 53.4 Å². The lowest BCUT2D eigenvalue weighted by molar-refractivity contribution is 0.0485. The summed E-state index contributed by atoms with van der Waals surface area (Å²) in [5.74, 6) is 0.462. The lowest BCUT2D eigenvalue weighted by Gasteiger charge is -2.28. The van der Waals surface area contributed by atoms with Crippen LogP contribution in [-0.2, 0) is 0 Å². The molecule has 1 amide bonds. The molecular formula is C16H20F2N4O. The molecule has 0 aromatic carbocycles. The number of hydrogen-bond donors (Lipinski definition) is 0. The average Bonchev–Trinajstić information content (AvgIpc) is 3.17. The Morgan fingerprint density at radius 2 is 2.04 bits per heavy atom. The van der Waals surface area contributed by atoms with Crippen LogP contribution in [0, 0.1) is 11.3 Å². The van der Waals surface area contributed by atoms with Crippen molar-refractivity contribution in [2.45, 2.75) is 32.1 Å². The van der Waals surface area contributed by atoms with Crippen molar-refractivity contribution in [2.75, 3.05) is 31.1 Å². The number of nitrogens with zero attached hydrogens (tertiary/aromatic N) is 4. The number of hydrogen-bond acceptors (Lipinski definition) is 4. The van der Waals surface area contributed by atoms with Crippen LogP contribution in [0.15, 0.2) is 12.4 Å². The molecule has 7 heteroatoms. The van der Waals surface area contributed by atoms with Crippen molar-refractivity contribution >= 4 is 11.7 Å². The van der Waals surface area contributed by atoms with E-state index in [9.17, 15) is 13.6 Å². The third kappa shape index (κ3) is 2.46. The normalized spacial score (nSPS) is 29.8. The molecule has 5 nitrogen and oxygen atoms in total. The molecule has 0 radical (unpaired) electrons. The number of carbonyl (C=O) groups is 1. The Labute approximate surface area is 133 Å². The van der Waals surface area contributed by atoms with Gasteiger partial charge in [0.2, 0.25) is 6.43 Å². The largest absolute Gasteiger partial charge is 0.357 e. The molecule has 2 aliphatic heterocycles. The molecule has 124 valence electrons. The molecule has 0 spiro atoms. The van der Waals surface area contributed by atoms with E-state index in [1.165, 1.54) is 17.6 Å². The van der Waals surface area contributed by atoms with Gasteiger partial charge in [-0.05, 0) is 31.6 Å². The minimum absolute atomic E-state index is 0.0464. The smallest absolute Gasteiger partial charge is 0.272 e. The molecule has 23 heavy (non-hydrogen) atoms. The number of rotatable bonds is 3. The van der Waals surface area contributed by atoms with Gasteiger partial charge in [0.1, 0.15) is 17.8 Å². The third-order valence-electron chi connectivity index (χ3n) is 5.48. The molecular weight excluding hydrogens is 302 g/mol. The Morgan fingerprint density at radius 1 is 1.26 bits per heavy atom. The van der Waals surface area contributed by atoms with Gasteiger partial charge < -0.3 is 9.80 Å². The maximum Gasteiger partial charge on any atom is 0.272 e. The second kappa shape index (κ2) is 5.39. The zero-order valence-electron chi connectivity index (χ0n) is 12.9. The lowest BCUT2D eigenvalue weighted by Crippen LogP contribution is -2.34. The van der Waals surface area contributed by atoms with Crippen LogP contribution >= 0.6 is 0 Å². The van der Waals surface area contributed by atoms with Crippen LogP contribution in [0.5, 0.6) is 0 Å². The highest BCUT2D eigenvalue weighted by Gasteiger charge is 2.66. The van der Waals surface area contributed by atoms with Crippen LogP contribution in [0.3, 0.4) is 0 Å². The van der Waals surface area contributed by atoms with E-state index in [1.807, 2.05) is 0 Å². The summed E-state index contributed by atoms with van der Waals surface area (Å²) >= 11 is 0. The highest BCUT2D eigenvalue weighted by molar-refractivity contribution is 5.93. The number of carbonyl (C=O) groups excluding carboxylic acids is 1. The van der Waals surface area contributed by atoms with Gasteiger partial charge in [-0.25, -0.2) is 18.7 Å². The van der Waals surface area contributed by atoms with E-state index in [0.29, 0.717) is 18.7 Å². The zero-order chi connectivity index (χ0) is 16.0. The highest BCUT2D eigenvalue weighted by Crippen LogP contribution is 2.61. The van der Waals surface area contributed by atoms with E-state index >= 15 is 0 Å². The standard InChI is InChI=1S/C16H20F2N4O/c17-15(18)16-7-11(16)8-22(9-16)14(23)12-6-13(20-10-19-12)21-4-2-1-3-5-21/h6,10-11,15H,1-5,7-9H2. The SMILES string of the molecule is O=C(c1cc(N2CCCCC2)ncn1)N1CC2CC2(C(F)F)C1. The van der Waals surface area contributed by atoms with Gasteiger partial charge in [-0.1, -0.05) is 0 Å². The minimum atomic E-state index is -2.35. The van der Waals surface area contributed by atoms with Gasteiger partial charge in [0, 0.05) is 32.2 Å². The molecule has 1 aromatic heterocycles. The quantitative estimate of drug-likeness (QED) is 0.856. The Balaban J connectivity index is 1.49. The number of halogens is 2. The van der Waals surface area contributed by atoms with E-state index in [-0.39, 0.29) is 18.4 Å². The summed E-state index contributed by atoms with van der Waals surface area (Å²) in [6, 6.07) is 1.70. The summed E-state index contributed by atoms with van der Waals surface area (Å²) < 4.78 is 26.3. The van der Waals surface area contributed by atoms with Crippen LogP contribution in [0.4, 0.5) is 14.6 Å². The Hall–Kier alpha value is -1.79. The molecule has 1 aliphatic carbocycles. The molecule has 0 N–H and O–H groups in total. The van der Waals surface area contributed by atoms with Crippen molar-refractivity contribution in [1.29, 1.82) is 0 Å². The molecule has 3 aliphatic rings. The molecule has 2 saturated heterocycles. The van der Waals surface area contributed by atoms with Gasteiger partial charge in [-0.15, -0.1) is 0 Å². The second-order valence-corrected chi connectivity index (χ2v) is 6.93. The molecule has 1 saturated carbocycles. The van der Waals surface area contributed by atoms with E-state index in [2.05, 4.69) is 14.9 Å². The Kier molecular flexibility index (Phi) is 3.46. The topological polar surface area (TPSA) is 49.3 Å². The first-order chi connectivity index (χ1) is 11.1.